The summed E-state index contributed by atoms with van der Waals surface area (Å²) in [4.78, 5) is 13.9. The highest BCUT2D eigenvalue weighted by Gasteiger charge is 2.06. The van der Waals surface area contributed by atoms with Gasteiger partial charge < -0.3 is 10.0 Å². The number of rotatable bonds is 7. The van der Waals surface area contributed by atoms with Crippen molar-refractivity contribution in [3.05, 3.63) is 35.9 Å². The normalized spacial score (nSPS) is 10.8. The molecular formula is C16H21NO2S2. The van der Waals surface area contributed by atoms with Gasteiger partial charge in [-0.1, -0.05) is 42.2 Å². The van der Waals surface area contributed by atoms with E-state index in [0.717, 1.165) is 23.0 Å². The molecule has 0 spiro atoms. The summed E-state index contributed by atoms with van der Waals surface area (Å²) in [5.74, 6) is 1.01. The van der Waals surface area contributed by atoms with Crippen molar-refractivity contribution < 1.29 is 9.90 Å². The number of nitrogens with zero attached hydrogens (tertiary/aromatic N) is 1. The van der Waals surface area contributed by atoms with E-state index in [-0.39, 0.29) is 11.5 Å². The molecule has 0 atom stereocenters. The van der Waals surface area contributed by atoms with E-state index in [1.807, 2.05) is 0 Å². The SMILES string of the molecule is CCN(CC)C(=S)SCCC(=O)/C=C/c1ccc(O)cc1. The molecule has 0 aliphatic rings. The smallest absolute Gasteiger partial charge is 0.156 e. The Morgan fingerprint density at radius 3 is 2.48 bits per heavy atom. The summed E-state index contributed by atoms with van der Waals surface area (Å²) in [7, 11) is 0. The number of carbonyl (C=O) groups is 1. The summed E-state index contributed by atoms with van der Waals surface area (Å²) in [6.45, 7) is 5.94. The first-order chi connectivity index (χ1) is 10.1. The van der Waals surface area contributed by atoms with Crippen LogP contribution in [0.3, 0.4) is 0 Å². The fourth-order valence-electron chi connectivity index (χ4n) is 1.67. The zero-order chi connectivity index (χ0) is 15.7. The number of hydrogen-bond acceptors (Lipinski definition) is 4. The van der Waals surface area contributed by atoms with Crippen LogP contribution >= 0.6 is 24.0 Å². The lowest BCUT2D eigenvalue weighted by atomic mass is 10.2. The van der Waals surface area contributed by atoms with E-state index in [1.54, 1.807) is 48.2 Å². The molecule has 0 aliphatic carbocycles. The average Bonchev–Trinajstić information content (AvgIpc) is 2.48. The van der Waals surface area contributed by atoms with E-state index in [4.69, 9.17) is 12.2 Å². The molecule has 114 valence electrons. The first-order valence-electron chi connectivity index (χ1n) is 6.98. The number of ketones is 1. The Balaban J connectivity index is 2.34. The highest BCUT2D eigenvalue weighted by Crippen LogP contribution is 2.13. The summed E-state index contributed by atoms with van der Waals surface area (Å²) >= 11 is 6.87. The Hall–Kier alpha value is -1.33. The molecule has 5 heteroatoms. The van der Waals surface area contributed by atoms with Gasteiger partial charge in [0.1, 0.15) is 10.1 Å². The predicted molar refractivity (Wildman–Crippen MR) is 94.7 cm³/mol. The molecule has 21 heavy (non-hydrogen) atoms. The van der Waals surface area contributed by atoms with Crippen molar-refractivity contribution in [3.8, 4) is 5.75 Å². The number of phenols is 1. The summed E-state index contributed by atoms with van der Waals surface area (Å²) in [6, 6.07) is 6.73. The summed E-state index contributed by atoms with van der Waals surface area (Å²) in [6.07, 6.45) is 3.81. The third-order valence-corrected chi connectivity index (χ3v) is 4.48. The topological polar surface area (TPSA) is 40.5 Å². The molecular weight excluding hydrogens is 302 g/mol. The van der Waals surface area contributed by atoms with E-state index < -0.39 is 0 Å². The number of phenolic OH excluding ortho intramolecular Hbond substituents is 1. The molecule has 0 aliphatic heterocycles. The Bertz CT molecular complexity index is 494. The van der Waals surface area contributed by atoms with Gasteiger partial charge in [-0.2, -0.15) is 0 Å². The maximum atomic E-state index is 11.8. The maximum Gasteiger partial charge on any atom is 0.156 e. The molecule has 0 heterocycles. The number of hydrogen-bond donors (Lipinski definition) is 1. The van der Waals surface area contributed by atoms with Crippen LogP contribution in [0.1, 0.15) is 25.8 Å². The number of allylic oxidation sites excluding steroid dienone is 1. The van der Waals surface area contributed by atoms with Gasteiger partial charge >= 0.3 is 0 Å². The molecule has 0 bridgehead atoms. The second-order valence-corrected chi connectivity index (χ2v) is 6.16. The minimum atomic E-state index is 0.0814. The zero-order valence-corrected chi connectivity index (χ0v) is 14.0. The van der Waals surface area contributed by atoms with E-state index in [9.17, 15) is 9.90 Å². The quantitative estimate of drug-likeness (QED) is 0.612. The Morgan fingerprint density at radius 2 is 1.90 bits per heavy atom. The van der Waals surface area contributed by atoms with E-state index >= 15 is 0 Å². The molecule has 0 radical (unpaired) electrons. The summed E-state index contributed by atoms with van der Waals surface area (Å²) in [5, 5.41) is 9.18. The number of carbonyl (C=O) groups excluding carboxylic acids is 1. The minimum Gasteiger partial charge on any atom is -0.508 e. The van der Waals surface area contributed by atoms with Crippen molar-refractivity contribution in [1.29, 1.82) is 0 Å². The maximum absolute atomic E-state index is 11.8. The van der Waals surface area contributed by atoms with Crippen molar-refractivity contribution in [2.45, 2.75) is 20.3 Å². The van der Waals surface area contributed by atoms with Gasteiger partial charge in [0, 0.05) is 25.3 Å². The van der Waals surface area contributed by atoms with Crippen LogP contribution in [-0.2, 0) is 4.79 Å². The molecule has 1 rings (SSSR count). The molecule has 3 nitrogen and oxygen atoms in total. The number of thioether (sulfide) groups is 1. The molecule has 1 aromatic rings. The van der Waals surface area contributed by atoms with Crippen LogP contribution in [-0.4, -0.2) is 39.0 Å². The van der Waals surface area contributed by atoms with E-state index in [0.29, 0.717) is 12.2 Å². The molecule has 0 saturated heterocycles. The molecule has 0 aromatic heterocycles. The van der Waals surface area contributed by atoms with Crippen molar-refractivity contribution >= 4 is 40.2 Å². The zero-order valence-electron chi connectivity index (χ0n) is 12.4. The summed E-state index contributed by atoms with van der Waals surface area (Å²) in [5.41, 5.74) is 0.896. The van der Waals surface area contributed by atoms with E-state index in [2.05, 4.69) is 18.7 Å². The van der Waals surface area contributed by atoms with Crippen molar-refractivity contribution in [2.24, 2.45) is 0 Å². The Kier molecular flexibility index (Phi) is 8.08. The third-order valence-electron chi connectivity index (χ3n) is 2.95. The van der Waals surface area contributed by atoms with Crippen LogP contribution in [0.25, 0.3) is 6.08 Å². The van der Waals surface area contributed by atoms with Crippen LogP contribution in [0.4, 0.5) is 0 Å². The Morgan fingerprint density at radius 1 is 1.29 bits per heavy atom. The second kappa shape index (κ2) is 9.58. The molecule has 0 fully saturated rings. The van der Waals surface area contributed by atoms with Gasteiger partial charge in [0.25, 0.3) is 0 Å². The lowest BCUT2D eigenvalue weighted by molar-refractivity contribution is -0.114. The first kappa shape index (κ1) is 17.7. The van der Waals surface area contributed by atoms with Crippen LogP contribution in [0.2, 0.25) is 0 Å². The van der Waals surface area contributed by atoms with Crippen molar-refractivity contribution in [1.82, 2.24) is 4.90 Å². The van der Waals surface area contributed by atoms with Gasteiger partial charge in [0.15, 0.2) is 5.78 Å². The number of aromatic hydroxyl groups is 1. The van der Waals surface area contributed by atoms with Gasteiger partial charge in [-0.25, -0.2) is 0 Å². The third kappa shape index (κ3) is 6.78. The van der Waals surface area contributed by atoms with Crippen LogP contribution in [0.5, 0.6) is 5.75 Å². The van der Waals surface area contributed by atoms with Crippen LogP contribution in [0.15, 0.2) is 30.3 Å². The molecule has 0 amide bonds. The lowest BCUT2D eigenvalue weighted by Gasteiger charge is -2.20. The first-order valence-corrected chi connectivity index (χ1v) is 8.37. The lowest BCUT2D eigenvalue weighted by Crippen LogP contribution is -2.26. The van der Waals surface area contributed by atoms with Gasteiger partial charge in [-0.05, 0) is 37.6 Å². The second-order valence-electron chi connectivity index (χ2n) is 4.43. The van der Waals surface area contributed by atoms with Crippen LogP contribution in [0, 0.1) is 0 Å². The number of thiocarbonyl (C=S) groups is 1. The van der Waals surface area contributed by atoms with Gasteiger partial charge in [-0.3, -0.25) is 4.79 Å². The average molecular weight is 323 g/mol. The summed E-state index contributed by atoms with van der Waals surface area (Å²) < 4.78 is 0.857. The fraction of sp³-hybridized carbons (Fsp3) is 0.375. The fourth-order valence-corrected chi connectivity index (χ4v) is 3.10. The van der Waals surface area contributed by atoms with Crippen molar-refractivity contribution in [3.63, 3.8) is 0 Å². The molecule has 1 N–H and O–H groups in total. The van der Waals surface area contributed by atoms with Gasteiger partial charge in [-0.15, -0.1) is 0 Å². The monoisotopic (exact) mass is 323 g/mol. The van der Waals surface area contributed by atoms with E-state index in [1.165, 1.54) is 0 Å². The van der Waals surface area contributed by atoms with Gasteiger partial charge in [0.05, 0.1) is 0 Å². The highest BCUT2D eigenvalue weighted by atomic mass is 32.2. The number of benzene rings is 1. The highest BCUT2D eigenvalue weighted by molar-refractivity contribution is 8.22. The molecule has 1 aromatic carbocycles. The molecule has 0 unspecified atom stereocenters. The van der Waals surface area contributed by atoms with Crippen molar-refractivity contribution in [2.75, 3.05) is 18.8 Å². The standard InChI is InChI=1S/C16H21NO2S2/c1-3-17(4-2)16(20)21-12-11-15(19)10-7-13-5-8-14(18)9-6-13/h5-10,18H,3-4,11-12H2,1-2H3/b10-7+. The van der Waals surface area contributed by atoms with Gasteiger partial charge in [0.2, 0.25) is 0 Å². The largest absolute Gasteiger partial charge is 0.508 e. The minimum absolute atomic E-state index is 0.0814. The predicted octanol–water partition coefficient (Wildman–Crippen LogP) is 3.72. The van der Waals surface area contributed by atoms with Crippen LogP contribution < -0.4 is 0 Å². The molecule has 0 saturated carbocycles. The Labute approximate surface area is 136 Å².